The summed E-state index contributed by atoms with van der Waals surface area (Å²) in [4.78, 5) is 10.1. The molecule has 3 heteroatoms. The molecule has 0 bridgehead atoms. The second-order valence-corrected chi connectivity index (χ2v) is 2.57. The monoisotopic (exact) mass is 143 g/mol. The molecule has 58 valence electrons. The van der Waals surface area contributed by atoms with E-state index >= 15 is 0 Å². The average molecular weight is 143 g/mol. The van der Waals surface area contributed by atoms with Crippen LogP contribution in [0.3, 0.4) is 0 Å². The first-order valence-electron chi connectivity index (χ1n) is 3.02. The third-order valence-electron chi connectivity index (χ3n) is 1.04. The Bertz CT molecular complexity index is 102. The van der Waals surface area contributed by atoms with Crippen molar-refractivity contribution in [3.05, 3.63) is 7.43 Å². The average Bonchev–Trinajstić information content (AvgIpc) is 1.63. The number of hydrogen-bond acceptors (Lipinski definition) is 2. The molecule has 0 aliphatic heterocycles. The summed E-state index contributed by atoms with van der Waals surface area (Å²) in [6.07, 6.45) is 0.551. The molecule has 4 radical (unpaired) electrons. The maximum Gasteiger partial charge on any atom is 0.320 e. The minimum absolute atomic E-state index is 0. The zero-order chi connectivity index (χ0) is 7.44. The minimum Gasteiger partial charge on any atom is -0.480 e. The number of aliphatic carboxylic acids is 1. The van der Waals surface area contributed by atoms with E-state index in [2.05, 4.69) is 0 Å². The first kappa shape index (κ1) is 12.1. The van der Waals surface area contributed by atoms with Crippen LogP contribution < -0.4 is 5.73 Å². The molecule has 0 saturated heterocycles. The standard InChI is InChI=1S/C6H13NO2.C/c1-4(2)3-5(7)6(8)9;/h4-5H,3,7H2,1-2H3,(H,8,9);/t5-;/m0./s1. The highest BCUT2D eigenvalue weighted by atomic mass is 16.4. The first-order valence-corrected chi connectivity index (χ1v) is 3.02. The van der Waals surface area contributed by atoms with Gasteiger partial charge in [-0.1, -0.05) is 13.8 Å². The van der Waals surface area contributed by atoms with E-state index in [1.807, 2.05) is 13.8 Å². The van der Waals surface area contributed by atoms with Crippen LogP contribution in [0.4, 0.5) is 0 Å². The fourth-order valence-corrected chi connectivity index (χ4v) is 0.609. The number of rotatable bonds is 3. The van der Waals surface area contributed by atoms with Crippen molar-refractivity contribution < 1.29 is 9.90 Å². The van der Waals surface area contributed by atoms with E-state index in [-0.39, 0.29) is 7.43 Å². The lowest BCUT2D eigenvalue weighted by Crippen LogP contribution is -2.31. The summed E-state index contributed by atoms with van der Waals surface area (Å²) in [5.41, 5.74) is 5.22. The third kappa shape index (κ3) is 5.56. The minimum atomic E-state index is -0.913. The predicted molar refractivity (Wildman–Crippen MR) is 38.3 cm³/mol. The van der Waals surface area contributed by atoms with Crippen LogP contribution in [0, 0.1) is 13.3 Å². The molecule has 0 unspecified atom stereocenters. The van der Waals surface area contributed by atoms with E-state index in [0.29, 0.717) is 12.3 Å². The lowest BCUT2D eigenvalue weighted by molar-refractivity contribution is -0.138. The first-order chi connectivity index (χ1) is 4.04. The van der Waals surface area contributed by atoms with Crippen LogP contribution in [0.5, 0.6) is 0 Å². The van der Waals surface area contributed by atoms with Gasteiger partial charge in [-0.2, -0.15) is 0 Å². The second-order valence-electron chi connectivity index (χ2n) is 2.57. The fraction of sp³-hybridized carbons (Fsp3) is 0.714. The highest BCUT2D eigenvalue weighted by Crippen LogP contribution is 2.01. The normalized spacial score (nSPS) is 12.4. The largest absolute Gasteiger partial charge is 0.480 e. The summed E-state index contributed by atoms with van der Waals surface area (Å²) in [7, 11) is 0. The van der Waals surface area contributed by atoms with E-state index in [0.717, 1.165) is 0 Å². The predicted octanol–water partition coefficient (Wildman–Crippen LogP) is 0.526. The maximum atomic E-state index is 10.1. The van der Waals surface area contributed by atoms with Crippen LogP contribution in [0.1, 0.15) is 20.3 Å². The van der Waals surface area contributed by atoms with Crippen molar-refractivity contribution in [1.82, 2.24) is 0 Å². The van der Waals surface area contributed by atoms with Gasteiger partial charge in [0.25, 0.3) is 0 Å². The summed E-state index contributed by atoms with van der Waals surface area (Å²) in [6, 6.07) is -0.690. The van der Waals surface area contributed by atoms with Crippen molar-refractivity contribution in [3.8, 4) is 0 Å². The molecule has 0 spiro atoms. The maximum absolute atomic E-state index is 10.1. The fourth-order valence-electron chi connectivity index (χ4n) is 0.609. The van der Waals surface area contributed by atoms with Gasteiger partial charge >= 0.3 is 5.97 Å². The molecule has 0 rings (SSSR count). The van der Waals surface area contributed by atoms with E-state index in [1.54, 1.807) is 0 Å². The van der Waals surface area contributed by atoms with E-state index < -0.39 is 12.0 Å². The van der Waals surface area contributed by atoms with Gasteiger partial charge in [-0.25, -0.2) is 0 Å². The van der Waals surface area contributed by atoms with Crippen LogP contribution >= 0.6 is 0 Å². The van der Waals surface area contributed by atoms with Gasteiger partial charge in [0, 0.05) is 7.43 Å². The van der Waals surface area contributed by atoms with Gasteiger partial charge in [0.15, 0.2) is 0 Å². The Morgan fingerprint density at radius 3 is 2.10 bits per heavy atom. The van der Waals surface area contributed by atoms with Crippen LogP contribution in [-0.4, -0.2) is 17.1 Å². The van der Waals surface area contributed by atoms with E-state index in [1.165, 1.54) is 0 Å². The molecule has 0 fully saturated rings. The summed E-state index contributed by atoms with van der Waals surface area (Å²) in [6.45, 7) is 3.89. The summed E-state index contributed by atoms with van der Waals surface area (Å²) in [5.74, 6) is -0.556. The lowest BCUT2D eigenvalue weighted by atomic mass is 10.1. The van der Waals surface area contributed by atoms with Crippen molar-refractivity contribution in [2.24, 2.45) is 11.7 Å². The number of carboxylic acid groups (broad SMARTS) is 1. The smallest absolute Gasteiger partial charge is 0.320 e. The van der Waals surface area contributed by atoms with Gasteiger partial charge in [0.05, 0.1) is 0 Å². The molecule has 0 aromatic carbocycles. The van der Waals surface area contributed by atoms with Gasteiger partial charge in [0.1, 0.15) is 6.04 Å². The molecular weight excluding hydrogens is 130 g/mol. The highest BCUT2D eigenvalue weighted by molar-refractivity contribution is 5.72. The van der Waals surface area contributed by atoms with Crippen molar-refractivity contribution >= 4 is 5.97 Å². The van der Waals surface area contributed by atoms with E-state index in [4.69, 9.17) is 10.8 Å². The molecule has 10 heavy (non-hydrogen) atoms. The second kappa shape index (κ2) is 5.23. The van der Waals surface area contributed by atoms with Crippen molar-refractivity contribution in [2.45, 2.75) is 26.3 Å². The number of nitrogens with two attached hydrogens (primary N) is 1. The molecular formula is C7H13NO2. The van der Waals surface area contributed by atoms with Crippen molar-refractivity contribution in [1.29, 1.82) is 0 Å². The molecule has 0 aliphatic rings. The van der Waals surface area contributed by atoms with Gasteiger partial charge in [-0.15, -0.1) is 0 Å². The Balaban J connectivity index is 0. The van der Waals surface area contributed by atoms with Crippen LogP contribution in [0.2, 0.25) is 0 Å². The molecule has 1 atom stereocenters. The molecule has 0 aromatic rings. The molecule has 0 saturated carbocycles. The summed E-state index contributed by atoms with van der Waals surface area (Å²) in [5, 5.41) is 8.31. The number of carbonyl (C=O) groups is 1. The Kier molecular flexibility index (Phi) is 6.35. The van der Waals surface area contributed by atoms with Gasteiger partial charge < -0.3 is 10.8 Å². The van der Waals surface area contributed by atoms with Crippen LogP contribution in [0.25, 0.3) is 0 Å². The third-order valence-corrected chi connectivity index (χ3v) is 1.04. The van der Waals surface area contributed by atoms with Gasteiger partial charge in [-0.3, -0.25) is 4.79 Å². The number of hydrogen-bond donors (Lipinski definition) is 2. The Labute approximate surface area is 62.2 Å². The Hall–Kier alpha value is -0.570. The number of carboxylic acids is 1. The van der Waals surface area contributed by atoms with Crippen molar-refractivity contribution in [2.75, 3.05) is 0 Å². The molecule has 0 heterocycles. The quantitative estimate of drug-likeness (QED) is 0.605. The Morgan fingerprint density at radius 2 is 2.00 bits per heavy atom. The SMILES string of the molecule is CC(C)C[C@H](N)C(=O)O.[C]. The lowest BCUT2D eigenvalue weighted by Gasteiger charge is -2.07. The van der Waals surface area contributed by atoms with Gasteiger partial charge in [-0.05, 0) is 12.3 Å². The Morgan fingerprint density at radius 1 is 1.60 bits per heavy atom. The molecule has 3 nitrogen and oxygen atoms in total. The molecule has 0 aromatic heterocycles. The molecule has 0 aliphatic carbocycles. The highest BCUT2D eigenvalue weighted by Gasteiger charge is 2.11. The topological polar surface area (TPSA) is 63.3 Å². The zero-order valence-electron chi connectivity index (χ0n) is 6.29. The summed E-state index contributed by atoms with van der Waals surface area (Å²) >= 11 is 0. The summed E-state index contributed by atoms with van der Waals surface area (Å²) < 4.78 is 0. The van der Waals surface area contributed by atoms with Crippen LogP contribution in [-0.2, 0) is 4.79 Å². The van der Waals surface area contributed by atoms with E-state index in [9.17, 15) is 4.79 Å². The van der Waals surface area contributed by atoms with Crippen molar-refractivity contribution in [3.63, 3.8) is 0 Å². The zero-order valence-corrected chi connectivity index (χ0v) is 6.29. The molecule has 3 N–H and O–H groups in total. The molecule has 0 amide bonds. The van der Waals surface area contributed by atoms with Gasteiger partial charge in [0.2, 0.25) is 0 Å². The van der Waals surface area contributed by atoms with Crippen LogP contribution in [0.15, 0.2) is 0 Å².